The lowest BCUT2D eigenvalue weighted by molar-refractivity contribution is -0.126. The van der Waals surface area contributed by atoms with Crippen molar-refractivity contribution < 1.29 is 18.7 Å². The lowest BCUT2D eigenvalue weighted by Crippen LogP contribution is -2.64. The molecule has 1 aliphatic heterocycles. The van der Waals surface area contributed by atoms with Gasteiger partial charge >= 0.3 is 0 Å². The Hall–Kier alpha value is -3.98. The zero-order valence-electron chi connectivity index (χ0n) is 19.2. The van der Waals surface area contributed by atoms with Crippen molar-refractivity contribution in [1.29, 1.82) is 0 Å². The van der Waals surface area contributed by atoms with Gasteiger partial charge in [-0.2, -0.15) is 5.10 Å². The first-order valence-electron chi connectivity index (χ1n) is 11.0. The highest BCUT2D eigenvalue weighted by molar-refractivity contribution is 7.13. The van der Waals surface area contributed by atoms with Crippen molar-refractivity contribution in [2.75, 3.05) is 12.0 Å². The van der Waals surface area contributed by atoms with E-state index >= 15 is 0 Å². The van der Waals surface area contributed by atoms with Crippen LogP contribution < -0.4 is 15.0 Å². The highest BCUT2D eigenvalue weighted by Crippen LogP contribution is 2.35. The van der Waals surface area contributed by atoms with Gasteiger partial charge in [0.25, 0.3) is 5.91 Å². The van der Waals surface area contributed by atoms with Crippen LogP contribution in [0.5, 0.6) is 5.75 Å². The maximum absolute atomic E-state index is 13.7. The molecule has 0 spiro atoms. The van der Waals surface area contributed by atoms with Crippen LogP contribution in [0, 0.1) is 5.82 Å². The van der Waals surface area contributed by atoms with Crippen molar-refractivity contribution in [2.24, 2.45) is 0 Å². The summed E-state index contributed by atoms with van der Waals surface area (Å²) < 4.78 is 20.4. The summed E-state index contributed by atoms with van der Waals surface area (Å²) in [4.78, 5) is 29.7. The standard InChI is InChI=1S/C26H23FN4O3S/c1-26(25(33)28-15-17-5-11-20(34-2)12-6-17)16-30-22(14-21(29-30)23-4-3-13-35-23)24(32)31(26)19-9-7-18(27)8-10-19/h3-14H,15-16H2,1-2H3,(H,28,33)/t26-/m0/s1. The largest absolute Gasteiger partial charge is 0.497 e. The molecule has 7 nitrogen and oxygen atoms in total. The van der Waals surface area contributed by atoms with Gasteiger partial charge in [-0.05, 0) is 66.4 Å². The molecule has 0 aliphatic carbocycles. The summed E-state index contributed by atoms with van der Waals surface area (Å²) in [6.07, 6.45) is 0. The molecule has 0 fully saturated rings. The zero-order chi connectivity index (χ0) is 24.6. The Morgan fingerprint density at radius 3 is 2.57 bits per heavy atom. The summed E-state index contributed by atoms with van der Waals surface area (Å²) in [7, 11) is 1.59. The second kappa shape index (κ2) is 8.99. The number of anilines is 1. The van der Waals surface area contributed by atoms with Crippen LogP contribution in [-0.4, -0.2) is 34.2 Å². The third kappa shape index (κ3) is 4.19. The molecule has 0 unspecified atom stereocenters. The first-order chi connectivity index (χ1) is 16.9. The highest BCUT2D eigenvalue weighted by Gasteiger charge is 2.48. The number of fused-ring (bicyclic) bond motifs is 1. The van der Waals surface area contributed by atoms with Crippen LogP contribution in [0.3, 0.4) is 0 Å². The Balaban J connectivity index is 1.50. The molecule has 0 saturated carbocycles. The van der Waals surface area contributed by atoms with E-state index in [0.29, 0.717) is 17.1 Å². The van der Waals surface area contributed by atoms with Crippen LogP contribution in [-0.2, 0) is 17.9 Å². The van der Waals surface area contributed by atoms with Gasteiger partial charge in [-0.1, -0.05) is 18.2 Å². The average Bonchev–Trinajstić information content (AvgIpc) is 3.54. The highest BCUT2D eigenvalue weighted by atomic mass is 32.1. The Morgan fingerprint density at radius 2 is 1.91 bits per heavy atom. The molecular weight excluding hydrogens is 467 g/mol. The Labute approximate surface area is 205 Å². The summed E-state index contributed by atoms with van der Waals surface area (Å²) >= 11 is 1.52. The molecule has 1 N–H and O–H groups in total. The number of ether oxygens (including phenoxy) is 1. The van der Waals surface area contributed by atoms with Crippen LogP contribution in [0.2, 0.25) is 0 Å². The van der Waals surface area contributed by atoms with E-state index in [9.17, 15) is 14.0 Å². The van der Waals surface area contributed by atoms with Gasteiger partial charge in [0.1, 0.15) is 28.5 Å². The minimum atomic E-state index is -1.30. The fraction of sp³-hybridized carbons (Fsp3) is 0.192. The normalized spacial score (nSPS) is 17.2. The SMILES string of the molecule is COc1ccc(CNC(=O)[C@]2(C)Cn3nc(-c4cccs4)cc3C(=O)N2c2ccc(F)cc2)cc1. The number of rotatable bonds is 6. The van der Waals surface area contributed by atoms with Crippen LogP contribution in [0.4, 0.5) is 10.1 Å². The molecule has 5 rings (SSSR count). The molecular formula is C26H23FN4O3S. The molecule has 3 heterocycles. The first kappa shape index (κ1) is 22.8. The summed E-state index contributed by atoms with van der Waals surface area (Å²) in [5, 5.41) is 9.53. The van der Waals surface area contributed by atoms with Crippen LogP contribution in [0.25, 0.3) is 10.6 Å². The number of carbonyl (C=O) groups excluding carboxylic acids is 2. The molecule has 2 aromatic heterocycles. The van der Waals surface area contributed by atoms with Gasteiger partial charge < -0.3 is 10.1 Å². The van der Waals surface area contributed by atoms with Crippen LogP contribution in [0.15, 0.2) is 72.1 Å². The van der Waals surface area contributed by atoms with Crippen LogP contribution >= 0.6 is 11.3 Å². The van der Waals surface area contributed by atoms with Crippen molar-refractivity contribution in [3.05, 3.63) is 89.2 Å². The van der Waals surface area contributed by atoms with Crippen molar-refractivity contribution in [1.82, 2.24) is 15.1 Å². The molecule has 9 heteroatoms. The number of amides is 2. The molecule has 4 aromatic rings. The first-order valence-corrected chi connectivity index (χ1v) is 11.9. The fourth-order valence-electron chi connectivity index (χ4n) is 4.24. The summed E-state index contributed by atoms with van der Waals surface area (Å²) in [5.41, 5.74) is 1.07. The Morgan fingerprint density at radius 1 is 1.17 bits per heavy atom. The maximum atomic E-state index is 13.7. The second-order valence-corrected chi connectivity index (χ2v) is 9.42. The monoisotopic (exact) mass is 490 g/mol. The van der Waals surface area contributed by atoms with E-state index in [4.69, 9.17) is 4.74 Å². The molecule has 35 heavy (non-hydrogen) atoms. The van der Waals surface area contributed by atoms with E-state index < -0.39 is 11.4 Å². The number of hydrogen-bond donors (Lipinski definition) is 1. The average molecular weight is 491 g/mol. The lowest BCUT2D eigenvalue weighted by atomic mass is 9.93. The molecule has 0 saturated heterocycles. The fourth-order valence-corrected chi connectivity index (χ4v) is 4.92. The van der Waals surface area contributed by atoms with E-state index in [2.05, 4.69) is 10.4 Å². The maximum Gasteiger partial charge on any atom is 0.277 e. The smallest absolute Gasteiger partial charge is 0.277 e. The number of thiophene rings is 1. The summed E-state index contributed by atoms with van der Waals surface area (Å²) in [5.74, 6) is -0.417. The molecule has 1 atom stereocenters. The molecule has 0 bridgehead atoms. The van der Waals surface area contributed by atoms with Crippen LogP contribution in [0.1, 0.15) is 23.0 Å². The number of benzene rings is 2. The molecule has 2 amide bonds. The number of methoxy groups -OCH3 is 1. The van der Waals surface area contributed by atoms with Gasteiger partial charge in [0.05, 0.1) is 18.5 Å². The van der Waals surface area contributed by atoms with E-state index in [1.165, 1.54) is 40.5 Å². The number of aromatic nitrogens is 2. The van der Waals surface area contributed by atoms with Gasteiger partial charge in [0.15, 0.2) is 0 Å². The number of hydrogen-bond acceptors (Lipinski definition) is 5. The number of nitrogens with zero attached hydrogens (tertiary/aromatic N) is 3. The number of halogens is 1. The van der Waals surface area contributed by atoms with Gasteiger partial charge in [0.2, 0.25) is 5.91 Å². The molecule has 178 valence electrons. The lowest BCUT2D eigenvalue weighted by Gasteiger charge is -2.43. The van der Waals surface area contributed by atoms with E-state index in [1.54, 1.807) is 24.8 Å². The third-order valence-corrected chi connectivity index (χ3v) is 7.01. The minimum absolute atomic E-state index is 0.144. The van der Waals surface area contributed by atoms with Crippen molar-refractivity contribution in [2.45, 2.75) is 25.6 Å². The van der Waals surface area contributed by atoms with Gasteiger partial charge in [0, 0.05) is 12.2 Å². The topological polar surface area (TPSA) is 76.5 Å². The van der Waals surface area contributed by atoms with E-state index in [1.807, 2.05) is 41.8 Å². The van der Waals surface area contributed by atoms with Crippen molar-refractivity contribution >= 4 is 28.8 Å². The molecule has 2 aromatic carbocycles. The van der Waals surface area contributed by atoms with Gasteiger partial charge in [-0.3, -0.25) is 19.2 Å². The predicted octanol–water partition coefficient (Wildman–Crippen LogP) is 4.49. The van der Waals surface area contributed by atoms with Crippen molar-refractivity contribution in [3.8, 4) is 16.3 Å². The van der Waals surface area contributed by atoms with Gasteiger partial charge in [-0.25, -0.2) is 4.39 Å². The predicted molar refractivity (Wildman–Crippen MR) is 132 cm³/mol. The van der Waals surface area contributed by atoms with Crippen molar-refractivity contribution in [3.63, 3.8) is 0 Å². The molecule has 1 aliphatic rings. The van der Waals surface area contributed by atoms with Gasteiger partial charge in [-0.15, -0.1) is 11.3 Å². The Kier molecular flexibility index (Phi) is 5.86. The quantitative estimate of drug-likeness (QED) is 0.432. The minimum Gasteiger partial charge on any atom is -0.497 e. The number of carbonyl (C=O) groups is 2. The van der Waals surface area contributed by atoms with E-state index in [-0.39, 0.29) is 24.9 Å². The number of nitrogens with one attached hydrogen (secondary N) is 1. The zero-order valence-corrected chi connectivity index (χ0v) is 20.0. The van der Waals surface area contributed by atoms with E-state index in [0.717, 1.165) is 16.2 Å². The Bertz CT molecular complexity index is 1370. The second-order valence-electron chi connectivity index (χ2n) is 8.47. The third-order valence-electron chi connectivity index (χ3n) is 6.11. The summed E-state index contributed by atoms with van der Waals surface area (Å²) in [6.45, 7) is 2.12. The molecule has 0 radical (unpaired) electrons. The summed E-state index contributed by atoms with van der Waals surface area (Å²) in [6, 6.07) is 18.5.